The van der Waals surface area contributed by atoms with E-state index in [2.05, 4.69) is 21.5 Å². The molecule has 0 bridgehead atoms. The number of hydrogen-bond donors (Lipinski definition) is 1. The van der Waals surface area contributed by atoms with Crippen molar-refractivity contribution in [3.63, 3.8) is 0 Å². The number of halogens is 1. The van der Waals surface area contributed by atoms with Gasteiger partial charge >= 0.3 is 0 Å². The van der Waals surface area contributed by atoms with E-state index >= 15 is 0 Å². The molecule has 2 rings (SSSR count). The van der Waals surface area contributed by atoms with Crippen LogP contribution in [0.1, 0.15) is 25.7 Å². The number of rotatable bonds is 3. The zero-order valence-corrected chi connectivity index (χ0v) is 10.1. The molecule has 1 aromatic heterocycles. The summed E-state index contributed by atoms with van der Waals surface area (Å²) in [7, 11) is 0. The molecule has 1 heterocycles. The lowest BCUT2D eigenvalue weighted by atomic mass is 9.95. The molecule has 1 aromatic rings. The Morgan fingerprint density at radius 1 is 1.44 bits per heavy atom. The second kappa shape index (κ2) is 5.48. The molecule has 1 saturated carbocycles. The molecular formula is C11H16FN3S. The van der Waals surface area contributed by atoms with E-state index in [4.69, 9.17) is 0 Å². The van der Waals surface area contributed by atoms with E-state index in [9.17, 15) is 4.39 Å². The second-order valence-electron chi connectivity index (χ2n) is 4.09. The van der Waals surface area contributed by atoms with Crippen LogP contribution in [0.2, 0.25) is 0 Å². The maximum atomic E-state index is 12.9. The van der Waals surface area contributed by atoms with E-state index < -0.39 is 5.95 Å². The summed E-state index contributed by atoms with van der Waals surface area (Å²) in [6.07, 6.45) is 8.20. The van der Waals surface area contributed by atoms with Crippen LogP contribution in [-0.2, 0) is 0 Å². The van der Waals surface area contributed by atoms with Crippen molar-refractivity contribution in [2.75, 3.05) is 11.6 Å². The molecule has 1 fully saturated rings. The predicted octanol–water partition coefficient (Wildman–Crippen LogP) is 2.70. The van der Waals surface area contributed by atoms with Crippen LogP contribution in [0.4, 0.5) is 10.2 Å². The molecular weight excluding hydrogens is 225 g/mol. The second-order valence-corrected chi connectivity index (χ2v) is 5.23. The van der Waals surface area contributed by atoms with Crippen molar-refractivity contribution >= 4 is 17.6 Å². The summed E-state index contributed by atoms with van der Waals surface area (Å²) in [5.74, 6) is 0.119. The minimum Gasteiger partial charge on any atom is -0.367 e. The zero-order valence-electron chi connectivity index (χ0n) is 9.32. The molecule has 0 aromatic carbocycles. The highest BCUT2D eigenvalue weighted by atomic mass is 32.2. The Kier molecular flexibility index (Phi) is 3.98. The van der Waals surface area contributed by atoms with E-state index in [1.165, 1.54) is 25.2 Å². The van der Waals surface area contributed by atoms with E-state index in [0.29, 0.717) is 11.9 Å². The van der Waals surface area contributed by atoms with Gasteiger partial charge in [0.05, 0.1) is 0 Å². The number of nitrogens with zero attached hydrogens (tertiary/aromatic N) is 2. The summed E-state index contributed by atoms with van der Waals surface area (Å²) < 4.78 is 12.9. The average molecular weight is 241 g/mol. The minimum atomic E-state index is -0.477. The lowest BCUT2D eigenvalue weighted by molar-refractivity contribution is 0.472. The van der Waals surface area contributed by atoms with Crippen molar-refractivity contribution in [2.45, 2.75) is 37.0 Å². The van der Waals surface area contributed by atoms with Crippen LogP contribution in [0.3, 0.4) is 0 Å². The third-order valence-corrected chi connectivity index (χ3v) is 4.04. The molecule has 5 heteroatoms. The number of thioether (sulfide) groups is 1. The lowest BCUT2D eigenvalue weighted by Gasteiger charge is -2.28. The van der Waals surface area contributed by atoms with Gasteiger partial charge in [0, 0.05) is 17.4 Å². The van der Waals surface area contributed by atoms with Gasteiger partial charge in [0.1, 0.15) is 12.1 Å². The topological polar surface area (TPSA) is 37.8 Å². The molecule has 16 heavy (non-hydrogen) atoms. The van der Waals surface area contributed by atoms with Crippen LogP contribution in [0.25, 0.3) is 0 Å². The van der Waals surface area contributed by atoms with Crippen LogP contribution in [0.15, 0.2) is 12.4 Å². The molecule has 1 aliphatic carbocycles. The molecule has 1 N–H and O–H groups in total. The molecule has 88 valence electrons. The first-order valence-corrected chi connectivity index (χ1v) is 6.83. The van der Waals surface area contributed by atoms with E-state index in [-0.39, 0.29) is 0 Å². The van der Waals surface area contributed by atoms with Gasteiger partial charge in [0.15, 0.2) is 0 Å². The van der Waals surface area contributed by atoms with Crippen LogP contribution >= 0.6 is 11.8 Å². The van der Waals surface area contributed by atoms with Crippen molar-refractivity contribution < 1.29 is 4.39 Å². The Morgan fingerprint density at radius 3 is 3.06 bits per heavy atom. The summed E-state index contributed by atoms with van der Waals surface area (Å²) in [5.41, 5.74) is 0. The number of aromatic nitrogens is 2. The van der Waals surface area contributed by atoms with Crippen molar-refractivity contribution in [2.24, 2.45) is 0 Å². The maximum absolute atomic E-state index is 12.9. The van der Waals surface area contributed by atoms with Crippen molar-refractivity contribution in [3.05, 3.63) is 18.3 Å². The minimum absolute atomic E-state index is 0.417. The molecule has 0 amide bonds. The first kappa shape index (κ1) is 11.6. The smallest absolute Gasteiger partial charge is 0.217 e. The van der Waals surface area contributed by atoms with E-state index in [0.717, 1.165) is 18.1 Å². The molecule has 2 unspecified atom stereocenters. The highest BCUT2D eigenvalue weighted by Crippen LogP contribution is 2.28. The largest absolute Gasteiger partial charge is 0.367 e. The van der Waals surface area contributed by atoms with Crippen LogP contribution < -0.4 is 5.32 Å². The Labute approximate surface area is 99.3 Å². The summed E-state index contributed by atoms with van der Waals surface area (Å²) >= 11 is 1.92. The SMILES string of the molecule is CSC1CCCC(Nc2cc(F)ncn2)C1. The van der Waals surface area contributed by atoms with Gasteiger partial charge in [0.2, 0.25) is 5.95 Å². The summed E-state index contributed by atoms with van der Waals surface area (Å²) in [5, 5.41) is 4.00. The lowest BCUT2D eigenvalue weighted by Crippen LogP contribution is -2.28. The summed E-state index contributed by atoms with van der Waals surface area (Å²) in [6.45, 7) is 0. The summed E-state index contributed by atoms with van der Waals surface area (Å²) in [6, 6.07) is 1.77. The van der Waals surface area contributed by atoms with Crippen molar-refractivity contribution in [1.82, 2.24) is 9.97 Å². The van der Waals surface area contributed by atoms with Gasteiger partial charge in [-0.05, 0) is 25.5 Å². The van der Waals surface area contributed by atoms with Gasteiger partial charge in [-0.25, -0.2) is 9.97 Å². The molecule has 3 nitrogen and oxygen atoms in total. The van der Waals surface area contributed by atoms with Gasteiger partial charge in [-0.15, -0.1) is 0 Å². The van der Waals surface area contributed by atoms with Crippen LogP contribution in [0.5, 0.6) is 0 Å². The number of hydrogen-bond acceptors (Lipinski definition) is 4. The first-order valence-electron chi connectivity index (χ1n) is 5.55. The standard InChI is InChI=1S/C11H16FN3S/c1-16-9-4-2-3-8(5-9)15-11-6-10(12)13-7-14-11/h6-9H,2-5H2,1H3,(H,13,14,15). The fourth-order valence-corrected chi connectivity index (χ4v) is 2.94. The fourth-order valence-electron chi connectivity index (χ4n) is 2.11. The van der Waals surface area contributed by atoms with Gasteiger partial charge in [-0.2, -0.15) is 16.2 Å². The monoisotopic (exact) mass is 241 g/mol. The highest BCUT2D eigenvalue weighted by molar-refractivity contribution is 7.99. The Morgan fingerprint density at radius 2 is 2.31 bits per heavy atom. The summed E-state index contributed by atoms with van der Waals surface area (Å²) in [4.78, 5) is 7.46. The van der Waals surface area contributed by atoms with Gasteiger partial charge in [-0.1, -0.05) is 6.42 Å². The third-order valence-electron chi connectivity index (χ3n) is 2.95. The van der Waals surface area contributed by atoms with E-state index in [1.807, 2.05) is 11.8 Å². The quantitative estimate of drug-likeness (QED) is 0.826. The number of nitrogens with one attached hydrogen (secondary N) is 1. The normalized spacial score (nSPS) is 25.4. The Hall–Kier alpha value is -0.840. The fraction of sp³-hybridized carbons (Fsp3) is 0.636. The van der Waals surface area contributed by atoms with Crippen LogP contribution in [-0.4, -0.2) is 27.5 Å². The molecule has 2 atom stereocenters. The molecule has 0 aliphatic heterocycles. The van der Waals surface area contributed by atoms with Gasteiger partial charge in [0.25, 0.3) is 0 Å². The molecule has 0 spiro atoms. The highest BCUT2D eigenvalue weighted by Gasteiger charge is 2.21. The third kappa shape index (κ3) is 3.07. The van der Waals surface area contributed by atoms with Crippen molar-refractivity contribution in [1.29, 1.82) is 0 Å². The number of anilines is 1. The van der Waals surface area contributed by atoms with Gasteiger partial charge < -0.3 is 5.32 Å². The van der Waals surface area contributed by atoms with Crippen LogP contribution in [0, 0.1) is 5.95 Å². The van der Waals surface area contributed by atoms with E-state index in [1.54, 1.807) is 0 Å². The predicted molar refractivity (Wildman–Crippen MR) is 65.2 cm³/mol. The Balaban J connectivity index is 1.94. The average Bonchev–Trinajstić information content (AvgIpc) is 2.29. The zero-order chi connectivity index (χ0) is 11.4. The molecule has 0 radical (unpaired) electrons. The molecule has 0 saturated heterocycles. The first-order chi connectivity index (χ1) is 7.78. The van der Waals surface area contributed by atoms with Crippen molar-refractivity contribution in [3.8, 4) is 0 Å². The van der Waals surface area contributed by atoms with Gasteiger partial charge in [-0.3, -0.25) is 0 Å². The Bertz CT molecular complexity index is 348. The molecule has 1 aliphatic rings. The maximum Gasteiger partial charge on any atom is 0.217 e.